The van der Waals surface area contributed by atoms with E-state index in [-0.39, 0.29) is 11.8 Å². The van der Waals surface area contributed by atoms with Crippen LogP contribution in [0.5, 0.6) is 11.8 Å². The zero-order valence-electron chi connectivity index (χ0n) is 10.6. The molecule has 2 rings (SSSR count). The van der Waals surface area contributed by atoms with Crippen molar-refractivity contribution in [2.75, 3.05) is 0 Å². The third-order valence-electron chi connectivity index (χ3n) is 2.34. The lowest BCUT2D eigenvalue weighted by Crippen LogP contribution is -2.21. The van der Waals surface area contributed by atoms with Crippen LogP contribution in [0, 0.1) is 11.6 Å². The number of halogens is 2. The van der Waals surface area contributed by atoms with Crippen LogP contribution in [-0.2, 0) is 6.54 Å². The van der Waals surface area contributed by atoms with E-state index in [2.05, 4.69) is 10.3 Å². The van der Waals surface area contributed by atoms with Gasteiger partial charge in [-0.3, -0.25) is 0 Å². The molecular weight excluding hydrogens is 254 g/mol. The average molecular weight is 268 g/mol. The fraction of sp³-hybridized carbons (Fsp3) is 0.308. The molecule has 0 amide bonds. The van der Waals surface area contributed by atoms with Gasteiger partial charge in [-0.05, 0) is 12.1 Å². The molecule has 0 saturated carbocycles. The van der Waals surface area contributed by atoms with Gasteiger partial charge in [0.1, 0.15) is 6.26 Å². The van der Waals surface area contributed by atoms with Gasteiger partial charge in [0, 0.05) is 12.6 Å². The molecular formula is C13H14F2N2O2. The molecule has 0 fully saturated rings. The van der Waals surface area contributed by atoms with E-state index in [0.29, 0.717) is 18.3 Å². The first-order valence-electron chi connectivity index (χ1n) is 5.86. The Hall–Kier alpha value is -1.95. The molecule has 0 aliphatic carbocycles. The number of hydrogen-bond donors (Lipinski definition) is 1. The predicted molar refractivity (Wildman–Crippen MR) is 64.9 cm³/mol. The second-order valence-corrected chi connectivity index (χ2v) is 4.29. The van der Waals surface area contributed by atoms with Crippen molar-refractivity contribution in [1.29, 1.82) is 0 Å². The molecule has 102 valence electrons. The molecule has 0 saturated heterocycles. The summed E-state index contributed by atoms with van der Waals surface area (Å²) in [5.41, 5.74) is 0.625. The summed E-state index contributed by atoms with van der Waals surface area (Å²) < 4.78 is 36.4. The number of hydrogen-bond acceptors (Lipinski definition) is 4. The lowest BCUT2D eigenvalue weighted by atomic mass is 10.3. The summed E-state index contributed by atoms with van der Waals surface area (Å²) in [4.78, 5) is 4.01. The average Bonchev–Trinajstić information content (AvgIpc) is 2.80. The third-order valence-corrected chi connectivity index (χ3v) is 2.34. The summed E-state index contributed by atoms with van der Waals surface area (Å²) in [5.74, 6) is -2.31. The number of rotatable bonds is 5. The Labute approximate surface area is 109 Å². The van der Waals surface area contributed by atoms with Crippen molar-refractivity contribution in [3.8, 4) is 11.8 Å². The number of benzene rings is 1. The minimum atomic E-state index is -1.07. The molecule has 0 aliphatic heterocycles. The highest BCUT2D eigenvalue weighted by molar-refractivity contribution is 5.27. The smallest absolute Gasteiger partial charge is 0.399 e. The van der Waals surface area contributed by atoms with Crippen molar-refractivity contribution < 1.29 is 17.9 Å². The van der Waals surface area contributed by atoms with Crippen molar-refractivity contribution in [2.45, 2.75) is 26.4 Å². The predicted octanol–water partition coefficient (Wildman–Crippen LogP) is 3.24. The number of nitrogens with zero attached hydrogens (tertiary/aromatic N) is 1. The third kappa shape index (κ3) is 3.51. The van der Waals surface area contributed by atoms with Gasteiger partial charge < -0.3 is 14.5 Å². The summed E-state index contributed by atoms with van der Waals surface area (Å²) >= 11 is 0. The Bertz CT molecular complexity index is 555. The summed E-state index contributed by atoms with van der Waals surface area (Å²) in [6, 6.07) is 3.96. The van der Waals surface area contributed by atoms with Crippen molar-refractivity contribution >= 4 is 0 Å². The number of oxazole rings is 1. The quantitative estimate of drug-likeness (QED) is 0.904. The van der Waals surface area contributed by atoms with Crippen LogP contribution >= 0.6 is 0 Å². The molecule has 6 heteroatoms. The minimum absolute atomic E-state index is 0.120. The fourth-order valence-electron chi connectivity index (χ4n) is 1.38. The Balaban J connectivity index is 2.05. The van der Waals surface area contributed by atoms with Gasteiger partial charge in [0.05, 0.1) is 5.69 Å². The standard InChI is InChI=1S/C13H14F2N2O2/c1-8(2)16-6-9-7-18-13(17-9)19-11-5-3-4-10(14)12(11)15/h3-5,7-8,16H,6H2,1-2H3. The van der Waals surface area contributed by atoms with Gasteiger partial charge >= 0.3 is 6.08 Å². The Morgan fingerprint density at radius 1 is 1.37 bits per heavy atom. The van der Waals surface area contributed by atoms with E-state index < -0.39 is 11.6 Å². The fourth-order valence-corrected chi connectivity index (χ4v) is 1.38. The van der Waals surface area contributed by atoms with E-state index in [1.165, 1.54) is 18.4 Å². The molecule has 0 unspecified atom stereocenters. The first-order valence-corrected chi connectivity index (χ1v) is 5.86. The number of ether oxygens (including phenoxy) is 1. The maximum Gasteiger partial charge on any atom is 0.399 e. The van der Waals surface area contributed by atoms with Gasteiger partial charge in [0.25, 0.3) is 0 Å². The highest BCUT2D eigenvalue weighted by Crippen LogP contribution is 2.25. The molecule has 1 aromatic heterocycles. The van der Waals surface area contributed by atoms with Crippen LogP contribution in [0.1, 0.15) is 19.5 Å². The lowest BCUT2D eigenvalue weighted by molar-refractivity contribution is 0.313. The van der Waals surface area contributed by atoms with Crippen molar-refractivity contribution in [1.82, 2.24) is 10.3 Å². The highest BCUT2D eigenvalue weighted by atomic mass is 19.2. The van der Waals surface area contributed by atoms with Crippen molar-refractivity contribution in [2.24, 2.45) is 0 Å². The molecule has 19 heavy (non-hydrogen) atoms. The molecule has 0 bridgehead atoms. The molecule has 4 nitrogen and oxygen atoms in total. The van der Waals surface area contributed by atoms with Gasteiger partial charge in [-0.1, -0.05) is 19.9 Å². The topological polar surface area (TPSA) is 47.3 Å². The zero-order chi connectivity index (χ0) is 13.8. The largest absolute Gasteiger partial charge is 0.417 e. The second kappa shape index (κ2) is 5.79. The molecule has 1 aromatic carbocycles. The van der Waals surface area contributed by atoms with Crippen molar-refractivity contribution in [3.63, 3.8) is 0 Å². The van der Waals surface area contributed by atoms with Crippen molar-refractivity contribution in [3.05, 3.63) is 41.8 Å². The Morgan fingerprint density at radius 2 is 2.16 bits per heavy atom. The van der Waals surface area contributed by atoms with E-state index in [1.54, 1.807) is 0 Å². The molecule has 1 heterocycles. The van der Waals surface area contributed by atoms with E-state index >= 15 is 0 Å². The lowest BCUT2D eigenvalue weighted by Gasteiger charge is -2.04. The Morgan fingerprint density at radius 3 is 2.89 bits per heavy atom. The maximum atomic E-state index is 13.4. The van der Waals surface area contributed by atoms with Crippen LogP contribution in [0.2, 0.25) is 0 Å². The van der Waals surface area contributed by atoms with E-state index in [4.69, 9.17) is 9.15 Å². The molecule has 2 aromatic rings. The van der Waals surface area contributed by atoms with Gasteiger partial charge in [-0.25, -0.2) is 4.39 Å². The number of aromatic nitrogens is 1. The molecule has 0 atom stereocenters. The van der Waals surface area contributed by atoms with Crippen LogP contribution in [0.15, 0.2) is 28.9 Å². The monoisotopic (exact) mass is 268 g/mol. The summed E-state index contributed by atoms with van der Waals surface area (Å²) in [6.07, 6.45) is 1.28. The van der Waals surface area contributed by atoms with E-state index in [0.717, 1.165) is 6.07 Å². The van der Waals surface area contributed by atoms with Gasteiger partial charge in [-0.2, -0.15) is 9.37 Å². The van der Waals surface area contributed by atoms with Crippen LogP contribution < -0.4 is 10.1 Å². The Kier molecular flexibility index (Phi) is 4.11. The summed E-state index contributed by atoms with van der Waals surface area (Å²) in [6.45, 7) is 4.51. The molecule has 0 aliphatic rings. The highest BCUT2D eigenvalue weighted by Gasteiger charge is 2.13. The number of nitrogens with one attached hydrogen (secondary N) is 1. The normalized spacial score (nSPS) is 11.0. The molecule has 1 N–H and O–H groups in total. The first kappa shape index (κ1) is 13.5. The van der Waals surface area contributed by atoms with E-state index in [1.807, 2.05) is 13.8 Å². The van der Waals surface area contributed by atoms with Crippen LogP contribution in [-0.4, -0.2) is 11.0 Å². The first-order chi connectivity index (χ1) is 9.06. The minimum Gasteiger partial charge on any atom is -0.417 e. The summed E-state index contributed by atoms with van der Waals surface area (Å²) in [5, 5.41) is 3.15. The maximum absolute atomic E-state index is 13.4. The van der Waals surface area contributed by atoms with Crippen LogP contribution in [0.3, 0.4) is 0 Å². The molecule has 0 spiro atoms. The molecule has 0 radical (unpaired) electrons. The zero-order valence-corrected chi connectivity index (χ0v) is 10.6. The van der Waals surface area contributed by atoms with E-state index in [9.17, 15) is 8.78 Å². The van der Waals surface area contributed by atoms with Gasteiger partial charge in [-0.15, -0.1) is 0 Å². The van der Waals surface area contributed by atoms with Gasteiger partial charge in [0.15, 0.2) is 11.6 Å². The van der Waals surface area contributed by atoms with Gasteiger partial charge in [0.2, 0.25) is 5.82 Å². The SMILES string of the molecule is CC(C)NCc1coc(Oc2cccc(F)c2F)n1. The van der Waals surface area contributed by atoms with Crippen LogP contribution in [0.4, 0.5) is 8.78 Å². The second-order valence-electron chi connectivity index (χ2n) is 4.29. The summed E-state index contributed by atoms with van der Waals surface area (Å²) in [7, 11) is 0. The van der Waals surface area contributed by atoms with Crippen LogP contribution in [0.25, 0.3) is 0 Å².